The smallest absolute Gasteiger partial charge is 0.305 e. The van der Waals surface area contributed by atoms with Gasteiger partial charge in [0.15, 0.2) is 0 Å². The molecule has 0 unspecified atom stereocenters. The number of likely N-dealkylation sites (tertiary alicyclic amines) is 1. The molecule has 0 aromatic carbocycles. The van der Waals surface area contributed by atoms with Gasteiger partial charge in [0, 0.05) is 24.8 Å². The van der Waals surface area contributed by atoms with Crippen molar-refractivity contribution in [3.8, 4) is 0 Å². The standard InChI is InChI=1S/C15H25N3O3/c1-15(2,21)13-4-3-6-17(11-13)9-12-8-16-18(10-12)7-5-14(19)20/h8,10,13,21H,3-7,9,11H2,1-2H3,(H,19,20)/t13-/m1/s1. The van der Waals surface area contributed by atoms with Crippen molar-refractivity contribution in [3.05, 3.63) is 18.0 Å². The predicted octanol–water partition coefficient (Wildman–Crippen LogP) is 1.34. The molecule has 2 N–H and O–H groups in total. The van der Waals surface area contributed by atoms with Gasteiger partial charge in [0.25, 0.3) is 0 Å². The molecule has 1 fully saturated rings. The lowest BCUT2D eigenvalue weighted by Crippen LogP contribution is -2.44. The first-order valence-electron chi connectivity index (χ1n) is 7.52. The van der Waals surface area contributed by atoms with Crippen LogP contribution in [-0.4, -0.2) is 49.6 Å². The largest absolute Gasteiger partial charge is 0.481 e. The maximum absolute atomic E-state index is 10.6. The molecule has 0 aliphatic carbocycles. The lowest BCUT2D eigenvalue weighted by atomic mass is 9.84. The monoisotopic (exact) mass is 295 g/mol. The molecule has 118 valence electrons. The summed E-state index contributed by atoms with van der Waals surface area (Å²) in [6.45, 7) is 6.90. The molecule has 1 aromatic heterocycles. The molecule has 21 heavy (non-hydrogen) atoms. The second-order valence-corrected chi connectivity index (χ2v) is 6.48. The molecular formula is C15H25N3O3. The Bertz CT molecular complexity index is 479. The summed E-state index contributed by atoms with van der Waals surface area (Å²) in [6, 6.07) is 0. The summed E-state index contributed by atoms with van der Waals surface area (Å²) in [6.07, 6.45) is 5.97. The van der Waals surface area contributed by atoms with Crippen molar-refractivity contribution < 1.29 is 15.0 Å². The van der Waals surface area contributed by atoms with Gasteiger partial charge in [-0.1, -0.05) is 0 Å². The van der Waals surface area contributed by atoms with E-state index in [-0.39, 0.29) is 6.42 Å². The van der Waals surface area contributed by atoms with Crippen LogP contribution in [0.4, 0.5) is 0 Å². The molecule has 2 rings (SSSR count). The first-order valence-corrected chi connectivity index (χ1v) is 7.52. The van der Waals surface area contributed by atoms with Crippen LogP contribution >= 0.6 is 0 Å². The van der Waals surface area contributed by atoms with Gasteiger partial charge in [0.1, 0.15) is 0 Å². The predicted molar refractivity (Wildman–Crippen MR) is 78.8 cm³/mol. The Kier molecular flexibility index (Phi) is 5.00. The molecule has 0 amide bonds. The van der Waals surface area contributed by atoms with Crippen LogP contribution in [0.25, 0.3) is 0 Å². The zero-order valence-corrected chi connectivity index (χ0v) is 12.8. The number of aromatic nitrogens is 2. The van der Waals surface area contributed by atoms with Crippen LogP contribution in [0.2, 0.25) is 0 Å². The number of aryl methyl sites for hydroxylation is 1. The number of piperidine rings is 1. The molecular weight excluding hydrogens is 270 g/mol. The van der Waals surface area contributed by atoms with E-state index >= 15 is 0 Å². The number of hydrogen-bond acceptors (Lipinski definition) is 4. The van der Waals surface area contributed by atoms with Gasteiger partial charge < -0.3 is 10.2 Å². The summed E-state index contributed by atoms with van der Waals surface area (Å²) in [5, 5.41) is 23.0. The Labute approximate surface area is 125 Å². The quantitative estimate of drug-likeness (QED) is 0.828. The van der Waals surface area contributed by atoms with E-state index in [0.29, 0.717) is 12.5 Å². The summed E-state index contributed by atoms with van der Waals surface area (Å²) < 4.78 is 1.68. The summed E-state index contributed by atoms with van der Waals surface area (Å²) in [5.41, 5.74) is 0.460. The minimum atomic E-state index is -0.809. The third kappa shape index (κ3) is 4.82. The van der Waals surface area contributed by atoms with Gasteiger partial charge in [-0.3, -0.25) is 14.4 Å². The third-order valence-corrected chi connectivity index (χ3v) is 4.15. The minimum Gasteiger partial charge on any atom is -0.481 e. The van der Waals surface area contributed by atoms with E-state index in [4.69, 9.17) is 5.11 Å². The molecule has 1 atom stereocenters. The van der Waals surface area contributed by atoms with Crippen molar-refractivity contribution in [2.75, 3.05) is 13.1 Å². The van der Waals surface area contributed by atoms with Crippen molar-refractivity contribution in [1.82, 2.24) is 14.7 Å². The van der Waals surface area contributed by atoms with Crippen LogP contribution < -0.4 is 0 Å². The first kappa shape index (κ1) is 16.0. The molecule has 1 aromatic rings. The van der Waals surface area contributed by atoms with Gasteiger partial charge in [-0.15, -0.1) is 0 Å². The van der Waals surface area contributed by atoms with E-state index in [2.05, 4.69) is 10.00 Å². The van der Waals surface area contributed by atoms with Crippen molar-refractivity contribution in [3.63, 3.8) is 0 Å². The highest BCUT2D eigenvalue weighted by molar-refractivity contribution is 5.66. The van der Waals surface area contributed by atoms with E-state index in [1.54, 1.807) is 10.9 Å². The summed E-state index contributed by atoms with van der Waals surface area (Å²) >= 11 is 0. The Balaban J connectivity index is 1.88. The highest BCUT2D eigenvalue weighted by atomic mass is 16.4. The van der Waals surface area contributed by atoms with E-state index in [0.717, 1.165) is 38.0 Å². The number of carboxylic acids is 1. The average molecular weight is 295 g/mol. The van der Waals surface area contributed by atoms with E-state index in [1.807, 2.05) is 20.0 Å². The van der Waals surface area contributed by atoms with Gasteiger partial charge in [-0.05, 0) is 39.2 Å². The number of aliphatic hydroxyl groups is 1. The highest BCUT2D eigenvalue weighted by Crippen LogP contribution is 2.27. The summed E-state index contributed by atoms with van der Waals surface area (Å²) in [7, 11) is 0. The molecule has 0 bridgehead atoms. The fourth-order valence-electron chi connectivity index (χ4n) is 2.85. The van der Waals surface area contributed by atoms with Gasteiger partial charge in [0.2, 0.25) is 0 Å². The van der Waals surface area contributed by atoms with E-state index in [1.165, 1.54) is 0 Å². The van der Waals surface area contributed by atoms with Gasteiger partial charge in [-0.2, -0.15) is 5.10 Å². The average Bonchev–Trinajstić information content (AvgIpc) is 2.83. The molecule has 6 nitrogen and oxygen atoms in total. The molecule has 2 heterocycles. The number of nitrogens with zero attached hydrogens (tertiary/aromatic N) is 3. The third-order valence-electron chi connectivity index (χ3n) is 4.15. The van der Waals surface area contributed by atoms with Gasteiger partial charge in [0.05, 0.1) is 24.8 Å². The van der Waals surface area contributed by atoms with E-state index in [9.17, 15) is 9.90 Å². The van der Waals surface area contributed by atoms with Gasteiger partial charge in [-0.25, -0.2) is 0 Å². The molecule has 1 aliphatic rings. The van der Waals surface area contributed by atoms with Crippen molar-refractivity contribution in [2.24, 2.45) is 5.92 Å². The Morgan fingerprint density at radius 1 is 1.52 bits per heavy atom. The topological polar surface area (TPSA) is 78.6 Å². The van der Waals surface area contributed by atoms with E-state index < -0.39 is 11.6 Å². The maximum atomic E-state index is 10.6. The number of rotatable bonds is 6. The van der Waals surface area contributed by atoms with Crippen LogP contribution in [0, 0.1) is 5.92 Å². The van der Waals surface area contributed by atoms with Crippen molar-refractivity contribution in [1.29, 1.82) is 0 Å². The summed E-state index contributed by atoms with van der Waals surface area (Å²) in [4.78, 5) is 12.9. The fourth-order valence-corrected chi connectivity index (χ4v) is 2.85. The Morgan fingerprint density at radius 2 is 2.29 bits per heavy atom. The van der Waals surface area contributed by atoms with Crippen LogP contribution in [0.15, 0.2) is 12.4 Å². The van der Waals surface area contributed by atoms with Gasteiger partial charge >= 0.3 is 5.97 Å². The van der Waals surface area contributed by atoms with Crippen molar-refractivity contribution in [2.45, 2.75) is 51.8 Å². The number of aliphatic carboxylic acids is 1. The number of carbonyl (C=O) groups is 1. The van der Waals surface area contributed by atoms with Crippen LogP contribution in [0.1, 0.15) is 38.7 Å². The highest BCUT2D eigenvalue weighted by Gasteiger charge is 2.31. The fraction of sp³-hybridized carbons (Fsp3) is 0.733. The molecule has 1 saturated heterocycles. The maximum Gasteiger partial charge on any atom is 0.305 e. The SMILES string of the molecule is CC(C)(O)[C@@H]1CCCN(Cc2cnn(CCC(=O)O)c2)C1. The Morgan fingerprint density at radius 3 is 2.95 bits per heavy atom. The lowest BCUT2D eigenvalue weighted by molar-refractivity contribution is -0.137. The molecule has 0 spiro atoms. The lowest BCUT2D eigenvalue weighted by Gasteiger charge is -2.38. The molecule has 1 aliphatic heterocycles. The minimum absolute atomic E-state index is 0.0889. The number of hydrogen-bond donors (Lipinski definition) is 2. The first-order chi connectivity index (χ1) is 9.84. The normalized spacial score (nSPS) is 20.6. The zero-order valence-electron chi connectivity index (χ0n) is 12.8. The molecule has 0 saturated carbocycles. The van der Waals surface area contributed by atoms with Crippen LogP contribution in [0.5, 0.6) is 0 Å². The Hall–Kier alpha value is -1.40. The number of carboxylic acid groups (broad SMARTS) is 1. The molecule has 0 radical (unpaired) electrons. The zero-order chi connectivity index (χ0) is 15.5. The second-order valence-electron chi connectivity index (χ2n) is 6.48. The molecule has 6 heteroatoms. The van der Waals surface area contributed by atoms with Crippen LogP contribution in [-0.2, 0) is 17.9 Å². The second kappa shape index (κ2) is 6.58. The van der Waals surface area contributed by atoms with Crippen molar-refractivity contribution >= 4 is 5.97 Å². The summed E-state index contributed by atoms with van der Waals surface area (Å²) in [5.74, 6) is -0.510. The van der Waals surface area contributed by atoms with Crippen LogP contribution in [0.3, 0.4) is 0 Å².